The monoisotopic (exact) mass is 445 g/mol. The average Bonchev–Trinajstić information content (AvgIpc) is 2.96. The van der Waals surface area contributed by atoms with Gasteiger partial charge in [0.15, 0.2) is 0 Å². The zero-order valence-electron chi connectivity index (χ0n) is 17.1. The Labute approximate surface area is 174 Å². The molecule has 0 unspecified atom stereocenters. The number of rotatable bonds is 7. The number of anilines is 3. The highest BCUT2D eigenvalue weighted by molar-refractivity contribution is 9.10. The maximum absolute atomic E-state index is 5.82. The molecule has 0 saturated heterocycles. The molecule has 6 nitrogen and oxygen atoms in total. The molecule has 0 fully saturated rings. The molecule has 0 atom stereocenters. The molecule has 1 aromatic heterocycles. The topological polar surface area (TPSA) is 77.1 Å². The number of ether oxygens (including phenoxy) is 1. The van der Waals surface area contributed by atoms with E-state index in [2.05, 4.69) is 63.2 Å². The number of hydrogen-bond donors (Lipinski definition) is 3. The Morgan fingerprint density at radius 3 is 2.68 bits per heavy atom. The highest BCUT2D eigenvalue weighted by atomic mass is 79.9. The van der Waals surface area contributed by atoms with Crippen molar-refractivity contribution in [2.45, 2.75) is 33.2 Å². The van der Waals surface area contributed by atoms with Crippen molar-refractivity contribution in [1.82, 2.24) is 9.55 Å². The summed E-state index contributed by atoms with van der Waals surface area (Å²) in [6.07, 6.45) is 0.787. The number of aryl methyl sites for hydroxylation is 2. The lowest BCUT2D eigenvalue weighted by Gasteiger charge is -2.15. The van der Waals surface area contributed by atoms with Gasteiger partial charge < -0.3 is 25.7 Å². The first-order chi connectivity index (χ1) is 13.3. The molecule has 28 heavy (non-hydrogen) atoms. The van der Waals surface area contributed by atoms with Gasteiger partial charge in [-0.15, -0.1) is 0 Å². The number of benzene rings is 2. The van der Waals surface area contributed by atoms with Gasteiger partial charge >= 0.3 is 0 Å². The molecule has 150 valence electrons. The van der Waals surface area contributed by atoms with Crippen LogP contribution in [0.2, 0.25) is 0 Å². The van der Waals surface area contributed by atoms with Gasteiger partial charge in [0.05, 0.1) is 29.5 Å². The first kappa shape index (κ1) is 20.5. The molecule has 0 aliphatic heterocycles. The molecule has 3 rings (SSSR count). The maximum atomic E-state index is 5.82. The standard InChI is InChI=1S/C21H28BrN5O/c1-12(2)24-16-7-6-14(8-9-23)19-20(16)27(4)21(26-19)25-18-13(3)10-15(22)11-17(18)28-5/h6-7,10-12,24H,8-9,23H2,1-5H3,(H,25,26). The fourth-order valence-electron chi connectivity index (χ4n) is 3.41. The lowest BCUT2D eigenvalue weighted by atomic mass is 10.1. The van der Waals surface area contributed by atoms with E-state index in [1.54, 1.807) is 7.11 Å². The second-order valence-corrected chi connectivity index (χ2v) is 8.14. The van der Waals surface area contributed by atoms with E-state index in [1.807, 2.05) is 20.0 Å². The molecule has 0 radical (unpaired) electrons. The third-order valence-electron chi connectivity index (χ3n) is 4.68. The lowest BCUT2D eigenvalue weighted by molar-refractivity contribution is 0.416. The average molecular weight is 446 g/mol. The molecule has 3 aromatic rings. The number of imidazole rings is 1. The predicted molar refractivity (Wildman–Crippen MR) is 121 cm³/mol. The summed E-state index contributed by atoms with van der Waals surface area (Å²) in [4.78, 5) is 4.92. The van der Waals surface area contributed by atoms with E-state index in [0.717, 1.165) is 56.1 Å². The Morgan fingerprint density at radius 1 is 1.29 bits per heavy atom. The molecule has 7 heteroatoms. The molecule has 4 N–H and O–H groups in total. The molecule has 0 bridgehead atoms. The van der Waals surface area contributed by atoms with Crippen molar-refractivity contribution in [1.29, 1.82) is 0 Å². The normalized spacial score (nSPS) is 11.3. The van der Waals surface area contributed by atoms with Gasteiger partial charge in [0.25, 0.3) is 0 Å². The third-order valence-corrected chi connectivity index (χ3v) is 5.14. The van der Waals surface area contributed by atoms with E-state index in [9.17, 15) is 0 Å². The molecule has 0 aliphatic carbocycles. The summed E-state index contributed by atoms with van der Waals surface area (Å²) < 4.78 is 8.64. The van der Waals surface area contributed by atoms with Gasteiger partial charge in [-0.2, -0.15) is 0 Å². The summed E-state index contributed by atoms with van der Waals surface area (Å²) in [6.45, 7) is 6.89. The van der Waals surface area contributed by atoms with E-state index in [0.29, 0.717) is 12.6 Å². The molecule has 0 amide bonds. The van der Waals surface area contributed by atoms with Crippen LogP contribution in [-0.4, -0.2) is 29.2 Å². The zero-order valence-corrected chi connectivity index (χ0v) is 18.6. The fraction of sp³-hybridized carbons (Fsp3) is 0.381. The first-order valence-electron chi connectivity index (χ1n) is 9.41. The SMILES string of the molecule is COc1cc(Br)cc(C)c1Nc1nc2c(CCN)ccc(NC(C)C)c2n1C. The van der Waals surface area contributed by atoms with Crippen molar-refractivity contribution in [2.75, 3.05) is 24.3 Å². The van der Waals surface area contributed by atoms with E-state index < -0.39 is 0 Å². The number of methoxy groups -OCH3 is 1. The van der Waals surface area contributed by atoms with Gasteiger partial charge in [0, 0.05) is 17.6 Å². The third kappa shape index (κ3) is 3.95. The summed E-state index contributed by atoms with van der Waals surface area (Å²) >= 11 is 3.53. The highest BCUT2D eigenvalue weighted by Gasteiger charge is 2.18. The van der Waals surface area contributed by atoms with Gasteiger partial charge in [0.1, 0.15) is 5.75 Å². The van der Waals surface area contributed by atoms with Gasteiger partial charge in [-0.05, 0) is 63.1 Å². The highest BCUT2D eigenvalue weighted by Crippen LogP contribution is 2.36. The molecule has 0 aliphatic rings. The second kappa shape index (κ2) is 8.41. The van der Waals surface area contributed by atoms with E-state index >= 15 is 0 Å². The van der Waals surface area contributed by atoms with Crippen molar-refractivity contribution in [3.05, 3.63) is 39.9 Å². The van der Waals surface area contributed by atoms with Crippen LogP contribution in [0.1, 0.15) is 25.0 Å². The molecule has 0 spiro atoms. The maximum Gasteiger partial charge on any atom is 0.208 e. The Kier molecular flexibility index (Phi) is 6.15. The Hall–Kier alpha value is -2.25. The molecule has 0 saturated carbocycles. The predicted octanol–water partition coefficient (Wildman–Crippen LogP) is 4.72. The first-order valence-corrected chi connectivity index (χ1v) is 10.2. The quantitative estimate of drug-likeness (QED) is 0.490. The summed E-state index contributed by atoms with van der Waals surface area (Å²) in [5.74, 6) is 1.52. The van der Waals surface area contributed by atoms with Crippen LogP contribution in [-0.2, 0) is 13.5 Å². The second-order valence-electron chi connectivity index (χ2n) is 7.23. The summed E-state index contributed by atoms with van der Waals surface area (Å²) in [6, 6.07) is 8.55. The molecular weight excluding hydrogens is 418 g/mol. The lowest BCUT2D eigenvalue weighted by Crippen LogP contribution is -2.11. The van der Waals surface area contributed by atoms with Crippen LogP contribution >= 0.6 is 15.9 Å². The Bertz CT molecular complexity index is 996. The van der Waals surface area contributed by atoms with E-state index in [4.69, 9.17) is 15.5 Å². The van der Waals surface area contributed by atoms with Crippen LogP contribution in [0.3, 0.4) is 0 Å². The number of fused-ring (bicyclic) bond motifs is 1. The van der Waals surface area contributed by atoms with Crippen molar-refractivity contribution >= 4 is 44.3 Å². The number of nitrogens with one attached hydrogen (secondary N) is 2. The Balaban J connectivity index is 2.15. The van der Waals surface area contributed by atoms with Crippen molar-refractivity contribution < 1.29 is 4.74 Å². The zero-order chi connectivity index (χ0) is 20.4. The van der Waals surface area contributed by atoms with E-state index in [-0.39, 0.29) is 0 Å². The van der Waals surface area contributed by atoms with E-state index in [1.165, 1.54) is 0 Å². The largest absolute Gasteiger partial charge is 0.495 e. The number of aromatic nitrogens is 2. The minimum Gasteiger partial charge on any atom is -0.495 e. The number of hydrogen-bond acceptors (Lipinski definition) is 5. The summed E-state index contributed by atoms with van der Waals surface area (Å²) in [7, 11) is 3.70. The Morgan fingerprint density at radius 2 is 2.04 bits per heavy atom. The minimum atomic E-state index is 0.323. The minimum absolute atomic E-state index is 0.323. The van der Waals surface area contributed by atoms with Crippen molar-refractivity contribution in [3.63, 3.8) is 0 Å². The molecule has 1 heterocycles. The van der Waals surface area contributed by atoms with Crippen LogP contribution < -0.4 is 21.1 Å². The number of nitrogens with two attached hydrogens (primary N) is 1. The van der Waals surface area contributed by atoms with Crippen LogP contribution in [0.15, 0.2) is 28.7 Å². The van der Waals surface area contributed by atoms with Crippen LogP contribution in [0.5, 0.6) is 5.75 Å². The van der Waals surface area contributed by atoms with Crippen molar-refractivity contribution in [2.24, 2.45) is 12.8 Å². The van der Waals surface area contributed by atoms with Crippen molar-refractivity contribution in [3.8, 4) is 5.75 Å². The van der Waals surface area contributed by atoms with Gasteiger partial charge in [-0.1, -0.05) is 22.0 Å². The summed E-state index contributed by atoms with van der Waals surface area (Å²) in [5.41, 5.74) is 12.0. The number of halogens is 1. The van der Waals surface area contributed by atoms with Crippen LogP contribution in [0.25, 0.3) is 11.0 Å². The molecular formula is C21H28BrN5O. The smallest absolute Gasteiger partial charge is 0.208 e. The number of nitrogens with zero attached hydrogens (tertiary/aromatic N) is 2. The fourth-order valence-corrected chi connectivity index (χ4v) is 3.97. The summed E-state index contributed by atoms with van der Waals surface area (Å²) in [5, 5.41) is 7.00. The van der Waals surface area contributed by atoms with Crippen LogP contribution in [0, 0.1) is 6.92 Å². The van der Waals surface area contributed by atoms with Gasteiger partial charge in [-0.3, -0.25) is 0 Å². The van der Waals surface area contributed by atoms with Crippen LogP contribution in [0.4, 0.5) is 17.3 Å². The molecule has 2 aromatic carbocycles. The van der Waals surface area contributed by atoms with Gasteiger partial charge in [-0.25, -0.2) is 4.98 Å². The van der Waals surface area contributed by atoms with Gasteiger partial charge in [0.2, 0.25) is 5.95 Å².